The number of benzene rings is 1. The fourth-order valence-electron chi connectivity index (χ4n) is 1.57. The summed E-state index contributed by atoms with van der Waals surface area (Å²) in [6.07, 6.45) is 0.251. The Balaban J connectivity index is 2.68. The number of nitrogens with one attached hydrogen (secondary N) is 1. The number of carbonyl (C=O) groups is 2. The van der Waals surface area contributed by atoms with Crippen LogP contribution in [0.15, 0.2) is 24.3 Å². The quantitative estimate of drug-likeness (QED) is 0.797. The molecule has 0 aliphatic carbocycles. The molecule has 0 aromatic heterocycles. The fourth-order valence-corrected chi connectivity index (χ4v) is 1.57. The Labute approximate surface area is 106 Å². The minimum Gasteiger partial charge on any atom is -0.494 e. The second kappa shape index (κ2) is 6.64. The highest BCUT2D eigenvalue weighted by Gasteiger charge is 2.18. The summed E-state index contributed by atoms with van der Waals surface area (Å²) in [7, 11) is 0. The van der Waals surface area contributed by atoms with E-state index in [1.54, 1.807) is 24.3 Å². The normalized spacial score (nSPS) is 11.7. The van der Waals surface area contributed by atoms with Crippen LogP contribution in [0.1, 0.15) is 19.4 Å². The molecule has 18 heavy (non-hydrogen) atoms. The van der Waals surface area contributed by atoms with Crippen molar-refractivity contribution in [3.63, 3.8) is 0 Å². The summed E-state index contributed by atoms with van der Waals surface area (Å²) < 4.78 is 5.29. The van der Waals surface area contributed by atoms with Crippen molar-refractivity contribution in [2.45, 2.75) is 26.3 Å². The van der Waals surface area contributed by atoms with Crippen LogP contribution in [0.3, 0.4) is 0 Å². The lowest BCUT2D eigenvalue weighted by molar-refractivity contribution is -0.141. The number of carboxylic acid groups (broad SMARTS) is 1. The lowest BCUT2D eigenvalue weighted by Crippen LogP contribution is -2.41. The molecule has 1 amide bonds. The molecule has 0 radical (unpaired) electrons. The molecule has 1 atom stereocenters. The van der Waals surface area contributed by atoms with Crippen molar-refractivity contribution >= 4 is 11.9 Å². The van der Waals surface area contributed by atoms with Crippen molar-refractivity contribution in [2.75, 3.05) is 6.61 Å². The lowest BCUT2D eigenvalue weighted by atomic mass is 10.1. The first-order valence-corrected chi connectivity index (χ1v) is 5.74. The molecule has 1 aromatic rings. The summed E-state index contributed by atoms with van der Waals surface area (Å²) in [4.78, 5) is 21.9. The predicted molar refractivity (Wildman–Crippen MR) is 66.6 cm³/mol. The van der Waals surface area contributed by atoms with Crippen molar-refractivity contribution in [1.82, 2.24) is 5.32 Å². The summed E-state index contributed by atoms with van der Waals surface area (Å²) in [5, 5.41) is 11.4. The topological polar surface area (TPSA) is 75.6 Å². The summed E-state index contributed by atoms with van der Waals surface area (Å²) in [6.45, 7) is 3.78. The van der Waals surface area contributed by atoms with E-state index < -0.39 is 12.0 Å². The number of ether oxygens (including phenoxy) is 1. The van der Waals surface area contributed by atoms with E-state index in [0.717, 1.165) is 11.3 Å². The molecule has 0 fully saturated rings. The molecule has 2 N–H and O–H groups in total. The van der Waals surface area contributed by atoms with Crippen LogP contribution < -0.4 is 10.1 Å². The van der Waals surface area contributed by atoms with E-state index in [4.69, 9.17) is 9.84 Å². The van der Waals surface area contributed by atoms with Crippen LogP contribution >= 0.6 is 0 Å². The molecular weight excluding hydrogens is 234 g/mol. The Hall–Kier alpha value is -2.04. The lowest BCUT2D eigenvalue weighted by Gasteiger charge is -2.13. The minimum absolute atomic E-state index is 0.251. The van der Waals surface area contributed by atoms with Gasteiger partial charge in [0, 0.05) is 13.3 Å². The van der Waals surface area contributed by atoms with Crippen LogP contribution in [-0.4, -0.2) is 29.6 Å². The van der Waals surface area contributed by atoms with Crippen LogP contribution in [0.2, 0.25) is 0 Å². The standard InChI is InChI=1S/C13H17NO4/c1-3-18-11-6-4-10(5-7-11)8-12(13(16)17)14-9(2)15/h4-7,12H,3,8H2,1-2H3,(H,14,15)(H,16,17)/t12-/m0/s1. The van der Waals surface area contributed by atoms with Gasteiger partial charge in [0.15, 0.2) is 0 Å². The maximum Gasteiger partial charge on any atom is 0.326 e. The largest absolute Gasteiger partial charge is 0.494 e. The molecule has 1 rings (SSSR count). The number of carbonyl (C=O) groups excluding carboxylic acids is 1. The highest BCUT2D eigenvalue weighted by molar-refractivity contribution is 5.82. The van der Waals surface area contributed by atoms with Crippen molar-refractivity contribution in [3.8, 4) is 5.75 Å². The number of aliphatic carboxylic acids is 1. The second-order valence-electron chi connectivity index (χ2n) is 3.87. The van der Waals surface area contributed by atoms with E-state index in [9.17, 15) is 9.59 Å². The molecule has 98 valence electrons. The SMILES string of the molecule is CCOc1ccc(C[C@H](NC(C)=O)C(=O)O)cc1. The van der Waals surface area contributed by atoms with Crippen LogP contribution in [0.4, 0.5) is 0 Å². The van der Waals surface area contributed by atoms with E-state index >= 15 is 0 Å². The van der Waals surface area contributed by atoms with E-state index in [1.165, 1.54) is 6.92 Å². The van der Waals surface area contributed by atoms with Gasteiger partial charge < -0.3 is 15.2 Å². The number of hydrogen-bond acceptors (Lipinski definition) is 3. The number of hydrogen-bond donors (Lipinski definition) is 2. The van der Waals surface area contributed by atoms with Gasteiger partial charge in [-0.2, -0.15) is 0 Å². The third kappa shape index (κ3) is 4.45. The minimum atomic E-state index is -1.04. The van der Waals surface area contributed by atoms with E-state index in [2.05, 4.69) is 5.32 Å². The van der Waals surface area contributed by atoms with Gasteiger partial charge in [-0.15, -0.1) is 0 Å². The van der Waals surface area contributed by atoms with Crippen LogP contribution in [0, 0.1) is 0 Å². The third-order valence-corrected chi connectivity index (χ3v) is 2.35. The molecule has 0 saturated heterocycles. The van der Waals surface area contributed by atoms with Gasteiger partial charge in [0.1, 0.15) is 11.8 Å². The average Bonchev–Trinajstić information content (AvgIpc) is 2.30. The monoisotopic (exact) mass is 251 g/mol. The average molecular weight is 251 g/mol. The molecule has 0 heterocycles. The zero-order valence-corrected chi connectivity index (χ0v) is 10.5. The van der Waals surface area contributed by atoms with Crippen LogP contribution in [0.25, 0.3) is 0 Å². The van der Waals surface area contributed by atoms with Gasteiger partial charge in [-0.25, -0.2) is 4.79 Å². The van der Waals surface area contributed by atoms with Crippen molar-refractivity contribution in [3.05, 3.63) is 29.8 Å². The van der Waals surface area contributed by atoms with Crippen molar-refractivity contribution in [1.29, 1.82) is 0 Å². The Morgan fingerprint density at radius 2 is 1.94 bits per heavy atom. The molecule has 5 nitrogen and oxygen atoms in total. The first kappa shape index (κ1) is 14.0. The predicted octanol–water partition coefficient (Wildman–Crippen LogP) is 1.22. The van der Waals surface area contributed by atoms with Gasteiger partial charge >= 0.3 is 5.97 Å². The molecule has 5 heteroatoms. The second-order valence-corrected chi connectivity index (χ2v) is 3.87. The molecule has 0 unspecified atom stereocenters. The first-order valence-electron chi connectivity index (χ1n) is 5.74. The summed E-state index contributed by atoms with van der Waals surface area (Å²) >= 11 is 0. The van der Waals surface area contributed by atoms with Crippen LogP contribution in [0.5, 0.6) is 5.75 Å². The number of rotatable bonds is 6. The maximum absolute atomic E-state index is 11.0. The fraction of sp³-hybridized carbons (Fsp3) is 0.385. The van der Waals surface area contributed by atoms with Gasteiger partial charge in [0.2, 0.25) is 5.91 Å². The molecule has 0 aliphatic heterocycles. The highest BCUT2D eigenvalue weighted by Crippen LogP contribution is 2.13. The first-order chi connectivity index (χ1) is 8.52. The number of amides is 1. The van der Waals surface area contributed by atoms with Gasteiger partial charge in [0.05, 0.1) is 6.61 Å². The Bertz CT molecular complexity index is 414. The van der Waals surface area contributed by atoms with Crippen LogP contribution in [-0.2, 0) is 16.0 Å². The Morgan fingerprint density at radius 3 is 2.39 bits per heavy atom. The van der Waals surface area contributed by atoms with Crippen molar-refractivity contribution < 1.29 is 19.4 Å². The van der Waals surface area contributed by atoms with Gasteiger partial charge in [0.25, 0.3) is 0 Å². The summed E-state index contributed by atoms with van der Waals surface area (Å²) in [6, 6.07) is 6.25. The van der Waals surface area contributed by atoms with E-state index in [0.29, 0.717) is 6.61 Å². The molecular formula is C13H17NO4. The maximum atomic E-state index is 11.0. The highest BCUT2D eigenvalue weighted by atomic mass is 16.5. The zero-order valence-electron chi connectivity index (χ0n) is 10.5. The molecule has 0 bridgehead atoms. The third-order valence-electron chi connectivity index (χ3n) is 2.35. The van der Waals surface area contributed by atoms with Gasteiger partial charge in [-0.1, -0.05) is 12.1 Å². The zero-order chi connectivity index (χ0) is 13.5. The van der Waals surface area contributed by atoms with Gasteiger partial charge in [-0.05, 0) is 24.6 Å². The van der Waals surface area contributed by atoms with E-state index in [1.807, 2.05) is 6.92 Å². The smallest absolute Gasteiger partial charge is 0.326 e. The Kier molecular flexibility index (Phi) is 5.17. The van der Waals surface area contributed by atoms with Gasteiger partial charge in [-0.3, -0.25) is 4.79 Å². The summed E-state index contributed by atoms with van der Waals surface area (Å²) in [5.74, 6) is -0.653. The van der Waals surface area contributed by atoms with E-state index in [-0.39, 0.29) is 12.3 Å². The molecule has 1 aromatic carbocycles. The summed E-state index contributed by atoms with van der Waals surface area (Å²) in [5.41, 5.74) is 0.833. The molecule has 0 saturated carbocycles. The van der Waals surface area contributed by atoms with Crippen molar-refractivity contribution in [2.24, 2.45) is 0 Å². The number of carboxylic acids is 1. The molecule has 0 aliphatic rings. The molecule has 0 spiro atoms. The Morgan fingerprint density at radius 1 is 1.33 bits per heavy atom.